The number of rotatable bonds is 1. The van der Waals surface area contributed by atoms with E-state index in [9.17, 15) is 9.65 Å². The summed E-state index contributed by atoms with van der Waals surface area (Å²) in [6.07, 6.45) is 0. The van der Waals surface area contributed by atoms with Crippen molar-refractivity contribution in [2.24, 2.45) is 0 Å². The summed E-state index contributed by atoms with van der Waals surface area (Å²) in [5.41, 5.74) is 1.94. The molecule has 0 aliphatic carbocycles. The van der Waals surface area contributed by atoms with Crippen molar-refractivity contribution in [1.29, 1.82) is 5.26 Å². The van der Waals surface area contributed by atoms with E-state index in [1.165, 1.54) is 6.07 Å². The summed E-state index contributed by atoms with van der Waals surface area (Å²) in [5.74, 6) is -0.218. The summed E-state index contributed by atoms with van der Waals surface area (Å²) in [5, 5.41) is 9.89. The minimum atomic E-state index is -0.412. The molecule has 2 aromatic carbocycles. The predicted molar refractivity (Wildman–Crippen MR) is 74.0 cm³/mol. The molecule has 0 bridgehead atoms. The lowest BCUT2D eigenvalue weighted by Crippen LogP contribution is -1.80. The van der Waals surface area contributed by atoms with Crippen molar-refractivity contribution in [2.75, 3.05) is 0 Å². The molecule has 3 aromatic rings. The fourth-order valence-corrected chi connectivity index (χ4v) is 2.41. The van der Waals surface area contributed by atoms with Crippen LogP contribution in [0, 0.1) is 17.1 Å². The summed E-state index contributed by atoms with van der Waals surface area (Å²) >= 11 is 3.15. The Morgan fingerprint density at radius 1 is 1.16 bits per heavy atom. The molecule has 2 nitrogen and oxygen atoms in total. The lowest BCUT2D eigenvalue weighted by atomic mass is 10.0. The highest BCUT2D eigenvalue weighted by atomic mass is 79.9. The fourth-order valence-electron chi connectivity index (χ4n) is 2.06. The Balaban J connectivity index is 2.40. The lowest BCUT2D eigenvalue weighted by Gasteiger charge is -1.99. The van der Waals surface area contributed by atoms with Gasteiger partial charge in [0, 0.05) is 17.0 Å². The number of halogens is 2. The van der Waals surface area contributed by atoms with Crippen LogP contribution in [0.1, 0.15) is 5.76 Å². The van der Waals surface area contributed by atoms with E-state index >= 15 is 0 Å². The van der Waals surface area contributed by atoms with Crippen LogP contribution >= 0.6 is 15.9 Å². The van der Waals surface area contributed by atoms with Gasteiger partial charge < -0.3 is 4.42 Å². The zero-order valence-corrected chi connectivity index (χ0v) is 11.2. The summed E-state index contributed by atoms with van der Waals surface area (Å²) in [4.78, 5) is 0. The molecular weight excluding hydrogens is 309 g/mol. The molecule has 0 atom stereocenters. The van der Waals surface area contributed by atoms with Crippen LogP contribution in [0.3, 0.4) is 0 Å². The molecule has 1 heterocycles. The van der Waals surface area contributed by atoms with Crippen molar-refractivity contribution in [3.05, 3.63) is 58.5 Å². The van der Waals surface area contributed by atoms with E-state index in [4.69, 9.17) is 4.42 Å². The van der Waals surface area contributed by atoms with Gasteiger partial charge in [0.15, 0.2) is 0 Å². The van der Waals surface area contributed by atoms with Crippen molar-refractivity contribution < 1.29 is 8.81 Å². The SMILES string of the molecule is N#Cc1oc2cc(F)c(Br)cc2c1-c1ccccc1. The minimum absolute atomic E-state index is 0.193. The van der Waals surface area contributed by atoms with Gasteiger partial charge in [-0.1, -0.05) is 30.3 Å². The molecule has 0 saturated carbocycles. The number of hydrogen-bond acceptors (Lipinski definition) is 2. The Morgan fingerprint density at radius 2 is 1.89 bits per heavy atom. The molecule has 3 rings (SSSR count). The standard InChI is InChI=1S/C15H7BrFNO/c16-11-6-10-13(7-12(11)17)19-14(8-18)15(10)9-4-2-1-3-5-9/h1-7H. The summed E-state index contributed by atoms with van der Waals surface area (Å²) in [6, 6.07) is 14.4. The Morgan fingerprint density at radius 3 is 2.58 bits per heavy atom. The van der Waals surface area contributed by atoms with Gasteiger partial charge in [-0.25, -0.2) is 4.39 Å². The Kier molecular flexibility index (Phi) is 2.84. The van der Waals surface area contributed by atoms with E-state index in [1.807, 2.05) is 36.4 Å². The van der Waals surface area contributed by atoms with Gasteiger partial charge in [0.2, 0.25) is 5.76 Å². The third-order valence-corrected chi connectivity index (χ3v) is 3.50. The van der Waals surface area contributed by atoms with Gasteiger partial charge >= 0.3 is 0 Å². The maximum absolute atomic E-state index is 13.5. The van der Waals surface area contributed by atoms with Crippen LogP contribution < -0.4 is 0 Å². The number of nitriles is 1. The molecule has 0 aliphatic heterocycles. The Labute approximate surface area is 117 Å². The zero-order valence-electron chi connectivity index (χ0n) is 9.65. The lowest BCUT2D eigenvalue weighted by molar-refractivity contribution is 0.586. The highest BCUT2D eigenvalue weighted by Crippen LogP contribution is 2.36. The van der Waals surface area contributed by atoms with Gasteiger partial charge in [-0.3, -0.25) is 0 Å². The number of hydrogen-bond donors (Lipinski definition) is 0. The molecule has 92 valence electrons. The second kappa shape index (κ2) is 4.52. The third-order valence-electron chi connectivity index (χ3n) is 2.89. The maximum atomic E-state index is 13.5. The van der Waals surface area contributed by atoms with E-state index in [2.05, 4.69) is 15.9 Å². The van der Waals surface area contributed by atoms with Gasteiger partial charge in [-0.05, 0) is 27.6 Å². The monoisotopic (exact) mass is 315 g/mol. The van der Waals surface area contributed by atoms with Gasteiger partial charge in [-0.2, -0.15) is 5.26 Å². The molecule has 0 N–H and O–H groups in total. The molecular formula is C15H7BrFNO. The average Bonchev–Trinajstić information content (AvgIpc) is 2.78. The highest BCUT2D eigenvalue weighted by Gasteiger charge is 2.17. The second-order valence-corrected chi connectivity index (χ2v) is 4.90. The first-order valence-electron chi connectivity index (χ1n) is 5.58. The molecule has 0 spiro atoms. The van der Waals surface area contributed by atoms with Crippen molar-refractivity contribution in [2.45, 2.75) is 0 Å². The first-order chi connectivity index (χ1) is 9.20. The second-order valence-electron chi connectivity index (χ2n) is 4.05. The normalized spacial score (nSPS) is 10.6. The van der Waals surface area contributed by atoms with Crippen LogP contribution in [0.25, 0.3) is 22.1 Å². The first-order valence-corrected chi connectivity index (χ1v) is 6.37. The fraction of sp³-hybridized carbons (Fsp3) is 0. The van der Waals surface area contributed by atoms with Crippen LogP contribution in [-0.2, 0) is 0 Å². The van der Waals surface area contributed by atoms with E-state index in [0.29, 0.717) is 15.6 Å². The molecule has 19 heavy (non-hydrogen) atoms. The first kappa shape index (κ1) is 11.9. The molecule has 0 radical (unpaired) electrons. The summed E-state index contributed by atoms with van der Waals surface area (Å²) < 4.78 is 19.3. The van der Waals surface area contributed by atoms with Gasteiger partial charge in [0.25, 0.3) is 0 Å². The molecule has 0 aliphatic rings. The molecule has 0 amide bonds. The van der Waals surface area contributed by atoms with Crippen LogP contribution in [0.15, 0.2) is 51.4 Å². The number of furan rings is 1. The molecule has 0 unspecified atom stereocenters. The van der Waals surface area contributed by atoms with Crippen LogP contribution in [-0.4, -0.2) is 0 Å². The maximum Gasteiger partial charge on any atom is 0.212 e. The van der Waals surface area contributed by atoms with Crippen molar-refractivity contribution in [1.82, 2.24) is 0 Å². The highest BCUT2D eigenvalue weighted by molar-refractivity contribution is 9.10. The molecule has 0 saturated heterocycles. The molecule has 0 fully saturated rings. The zero-order chi connectivity index (χ0) is 13.4. The van der Waals surface area contributed by atoms with E-state index in [0.717, 1.165) is 10.9 Å². The topological polar surface area (TPSA) is 36.9 Å². The molecule has 1 aromatic heterocycles. The summed E-state index contributed by atoms with van der Waals surface area (Å²) in [7, 11) is 0. The largest absolute Gasteiger partial charge is 0.445 e. The number of nitrogens with zero attached hydrogens (tertiary/aromatic N) is 1. The smallest absolute Gasteiger partial charge is 0.212 e. The van der Waals surface area contributed by atoms with Gasteiger partial charge in [0.05, 0.1) is 4.47 Å². The van der Waals surface area contributed by atoms with Crippen molar-refractivity contribution >= 4 is 26.9 Å². The Hall–Kier alpha value is -2.12. The Bertz CT molecular complexity index is 802. The van der Waals surface area contributed by atoms with Crippen molar-refractivity contribution in [3.8, 4) is 17.2 Å². The number of benzene rings is 2. The van der Waals surface area contributed by atoms with Gasteiger partial charge in [0.1, 0.15) is 17.5 Å². The van der Waals surface area contributed by atoms with Crippen LogP contribution in [0.4, 0.5) is 4.39 Å². The molecule has 4 heteroatoms. The third kappa shape index (κ3) is 1.92. The van der Waals surface area contributed by atoms with Crippen molar-refractivity contribution in [3.63, 3.8) is 0 Å². The quantitative estimate of drug-likeness (QED) is 0.642. The van der Waals surface area contributed by atoms with E-state index < -0.39 is 5.82 Å². The predicted octanol–water partition coefficient (Wildman–Crippen LogP) is 4.87. The van der Waals surface area contributed by atoms with E-state index in [1.54, 1.807) is 6.07 Å². The van der Waals surface area contributed by atoms with Crippen LogP contribution in [0.5, 0.6) is 0 Å². The van der Waals surface area contributed by atoms with Gasteiger partial charge in [-0.15, -0.1) is 0 Å². The minimum Gasteiger partial charge on any atom is -0.445 e. The van der Waals surface area contributed by atoms with E-state index in [-0.39, 0.29) is 5.76 Å². The van der Waals surface area contributed by atoms with Crippen LogP contribution in [0.2, 0.25) is 0 Å². The summed E-state index contributed by atoms with van der Waals surface area (Å²) in [6.45, 7) is 0. The number of fused-ring (bicyclic) bond motifs is 1. The average molecular weight is 316 g/mol.